The summed E-state index contributed by atoms with van der Waals surface area (Å²) in [6.45, 7) is 1.61. The highest BCUT2D eigenvalue weighted by Crippen LogP contribution is 2.34. The number of sulfonamides is 1. The van der Waals surface area contributed by atoms with Gasteiger partial charge in [-0.15, -0.1) is 0 Å². The van der Waals surface area contributed by atoms with Crippen molar-refractivity contribution in [3.05, 3.63) is 41.4 Å². The first-order valence-corrected chi connectivity index (χ1v) is 9.14. The average Bonchev–Trinajstić information content (AvgIpc) is 2.55. The third-order valence-electron chi connectivity index (χ3n) is 3.60. The van der Waals surface area contributed by atoms with E-state index < -0.39 is 16.1 Å². The molecule has 0 spiro atoms. The molecule has 1 amide bonds. The molecule has 2 aromatic rings. The number of nitrogens with one attached hydrogen (secondary N) is 2. The third kappa shape index (κ3) is 3.49. The molecule has 1 heterocycles. The smallest absolute Gasteiger partial charge is 0.265 e. The second kappa shape index (κ2) is 6.45. The Labute approximate surface area is 149 Å². The molecule has 1 atom stereocenters. The summed E-state index contributed by atoms with van der Waals surface area (Å²) < 4.78 is 38.3. The second-order valence-electron chi connectivity index (χ2n) is 5.36. The van der Waals surface area contributed by atoms with E-state index in [1.807, 2.05) is 0 Å². The fourth-order valence-corrected chi connectivity index (χ4v) is 3.58. The van der Waals surface area contributed by atoms with Crippen LogP contribution < -0.4 is 19.5 Å². The highest BCUT2D eigenvalue weighted by Gasteiger charge is 2.26. The molecule has 9 heteroatoms. The van der Waals surface area contributed by atoms with E-state index in [4.69, 9.17) is 21.1 Å². The van der Waals surface area contributed by atoms with Crippen molar-refractivity contribution >= 4 is 38.9 Å². The Morgan fingerprint density at radius 3 is 2.72 bits per heavy atom. The van der Waals surface area contributed by atoms with E-state index in [1.54, 1.807) is 19.1 Å². The maximum absolute atomic E-state index is 12.6. The first kappa shape index (κ1) is 17.4. The number of amides is 1. The molecule has 0 saturated heterocycles. The van der Waals surface area contributed by atoms with Crippen LogP contribution in [0.1, 0.15) is 6.92 Å². The van der Waals surface area contributed by atoms with Crippen LogP contribution in [0.3, 0.4) is 0 Å². The zero-order chi connectivity index (χ0) is 18.2. The van der Waals surface area contributed by atoms with Crippen molar-refractivity contribution in [1.82, 2.24) is 0 Å². The van der Waals surface area contributed by atoms with Gasteiger partial charge in [0.15, 0.2) is 6.10 Å². The Morgan fingerprint density at radius 1 is 1.24 bits per heavy atom. The van der Waals surface area contributed by atoms with E-state index in [2.05, 4.69) is 10.0 Å². The molecule has 1 unspecified atom stereocenters. The summed E-state index contributed by atoms with van der Waals surface area (Å²) in [7, 11) is -2.50. The van der Waals surface area contributed by atoms with Crippen LogP contribution in [-0.4, -0.2) is 27.5 Å². The quantitative estimate of drug-likeness (QED) is 0.848. The van der Waals surface area contributed by atoms with E-state index in [-0.39, 0.29) is 16.5 Å². The summed E-state index contributed by atoms with van der Waals surface area (Å²) in [5.74, 6) is 0.397. The molecule has 0 fully saturated rings. The molecule has 0 radical (unpaired) electrons. The lowest BCUT2D eigenvalue weighted by atomic mass is 10.2. The van der Waals surface area contributed by atoms with Gasteiger partial charge in [-0.2, -0.15) is 0 Å². The number of rotatable bonds is 4. The molecule has 0 aliphatic carbocycles. The van der Waals surface area contributed by atoms with Crippen LogP contribution in [0.25, 0.3) is 0 Å². The zero-order valence-corrected chi connectivity index (χ0v) is 14.9. The standard InChI is InChI=1S/C16H15ClN2O5S/c1-9-16(20)18-12-8-11(4-6-15(12)24-9)25(21,22)19-13-7-10(17)3-5-14(13)23-2/h3-9,19H,1-2H3,(H,18,20). The van der Waals surface area contributed by atoms with Crippen LogP contribution in [-0.2, 0) is 14.8 Å². The molecular weight excluding hydrogens is 368 g/mol. The van der Waals surface area contributed by atoms with Crippen LogP contribution in [0.15, 0.2) is 41.3 Å². The molecule has 132 valence electrons. The lowest BCUT2D eigenvalue weighted by molar-refractivity contribution is -0.122. The van der Waals surface area contributed by atoms with Gasteiger partial charge < -0.3 is 14.8 Å². The number of anilines is 2. The van der Waals surface area contributed by atoms with Gasteiger partial charge in [-0.25, -0.2) is 8.42 Å². The average molecular weight is 383 g/mol. The summed E-state index contributed by atoms with van der Waals surface area (Å²) in [4.78, 5) is 11.7. The van der Waals surface area contributed by atoms with E-state index in [1.165, 1.54) is 31.4 Å². The second-order valence-corrected chi connectivity index (χ2v) is 7.48. The normalized spacial score (nSPS) is 16.4. The monoisotopic (exact) mass is 382 g/mol. The molecule has 3 rings (SSSR count). The SMILES string of the molecule is COc1ccc(Cl)cc1NS(=O)(=O)c1ccc2c(c1)NC(=O)C(C)O2. The maximum Gasteiger partial charge on any atom is 0.265 e. The minimum atomic E-state index is -3.92. The predicted octanol–water partition coefficient (Wildman–Crippen LogP) is 2.87. The van der Waals surface area contributed by atoms with Crippen molar-refractivity contribution in [2.45, 2.75) is 17.9 Å². The van der Waals surface area contributed by atoms with Crippen LogP contribution in [0, 0.1) is 0 Å². The molecule has 0 aromatic heterocycles. The number of carbonyl (C=O) groups excluding carboxylic acids is 1. The molecule has 25 heavy (non-hydrogen) atoms. The highest BCUT2D eigenvalue weighted by molar-refractivity contribution is 7.92. The highest BCUT2D eigenvalue weighted by atomic mass is 35.5. The summed E-state index contributed by atoms with van der Waals surface area (Å²) in [6.07, 6.45) is -0.635. The summed E-state index contributed by atoms with van der Waals surface area (Å²) in [5, 5.41) is 2.98. The minimum Gasteiger partial charge on any atom is -0.495 e. The van der Waals surface area contributed by atoms with Crippen LogP contribution >= 0.6 is 11.6 Å². The molecule has 7 nitrogen and oxygen atoms in total. The number of carbonyl (C=O) groups is 1. The number of hydrogen-bond acceptors (Lipinski definition) is 5. The Hall–Kier alpha value is -2.45. The summed E-state index contributed by atoms with van der Waals surface area (Å²) in [6, 6.07) is 8.81. The van der Waals surface area contributed by atoms with E-state index in [9.17, 15) is 13.2 Å². The summed E-state index contributed by atoms with van der Waals surface area (Å²) >= 11 is 5.92. The van der Waals surface area contributed by atoms with Crippen molar-refractivity contribution in [1.29, 1.82) is 0 Å². The van der Waals surface area contributed by atoms with Gasteiger partial charge in [-0.3, -0.25) is 9.52 Å². The largest absolute Gasteiger partial charge is 0.495 e. The first-order chi connectivity index (χ1) is 11.8. The van der Waals surface area contributed by atoms with Gasteiger partial charge in [-0.1, -0.05) is 11.6 Å². The molecule has 0 bridgehead atoms. The predicted molar refractivity (Wildman–Crippen MR) is 94.0 cm³/mol. The van der Waals surface area contributed by atoms with Crippen molar-refractivity contribution in [3.8, 4) is 11.5 Å². The Kier molecular flexibility index (Phi) is 4.49. The first-order valence-electron chi connectivity index (χ1n) is 7.28. The Balaban J connectivity index is 1.95. The third-order valence-corrected chi connectivity index (χ3v) is 5.20. The molecule has 1 aliphatic rings. The fourth-order valence-electron chi connectivity index (χ4n) is 2.32. The van der Waals surface area contributed by atoms with Gasteiger partial charge in [-0.05, 0) is 43.3 Å². The van der Waals surface area contributed by atoms with Crippen LogP contribution in [0.4, 0.5) is 11.4 Å². The van der Waals surface area contributed by atoms with Crippen LogP contribution in [0.5, 0.6) is 11.5 Å². The van der Waals surface area contributed by atoms with E-state index in [0.29, 0.717) is 22.2 Å². The zero-order valence-electron chi connectivity index (χ0n) is 13.4. The van der Waals surface area contributed by atoms with Gasteiger partial charge >= 0.3 is 0 Å². The lowest BCUT2D eigenvalue weighted by Gasteiger charge is -2.23. The van der Waals surface area contributed by atoms with Gasteiger partial charge in [0.1, 0.15) is 11.5 Å². The number of fused-ring (bicyclic) bond motifs is 1. The van der Waals surface area contributed by atoms with Crippen LogP contribution in [0.2, 0.25) is 5.02 Å². The molecule has 0 saturated carbocycles. The Bertz CT molecular complexity index is 946. The number of ether oxygens (including phenoxy) is 2. The lowest BCUT2D eigenvalue weighted by Crippen LogP contribution is -2.34. The topological polar surface area (TPSA) is 93.7 Å². The molecule has 2 aromatic carbocycles. The van der Waals surface area contributed by atoms with Gasteiger partial charge in [0.2, 0.25) is 0 Å². The number of benzene rings is 2. The van der Waals surface area contributed by atoms with Gasteiger partial charge in [0, 0.05) is 5.02 Å². The van der Waals surface area contributed by atoms with E-state index in [0.717, 1.165) is 0 Å². The van der Waals surface area contributed by atoms with Crippen molar-refractivity contribution in [2.24, 2.45) is 0 Å². The number of hydrogen-bond donors (Lipinski definition) is 2. The summed E-state index contributed by atoms with van der Waals surface area (Å²) in [5.41, 5.74) is 0.505. The molecular formula is C16H15ClN2O5S. The minimum absolute atomic E-state index is 0.0354. The van der Waals surface area contributed by atoms with Crippen molar-refractivity contribution in [3.63, 3.8) is 0 Å². The molecule has 2 N–H and O–H groups in total. The fraction of sp³-hybridized carbons (Fsp3) is 0.188. The van der Waals surface area contributed by atoms with Crippen molar-refractivity contribution < 1.29 is 22.7 Å². The number of halogens is 1. The van der Waals surface area contributed by atoms with Crippen molar-refractivity contribution in [2.75, 3.05) is 17.1 Å². The number of methoxy groups -OCH3 is 1. The van der Waals surface area contributed by atoms with E-state index >= 15 is 0 Å². The molecule has 1 aliphatic heterocycles. The Morgan fingerprint density at radius 2 is 2.00 bits per heavy atom. The maximum atomic E-state index is 12.6. The van der Waals surface area contributed by atoms with Gasteiger partial charge in [0.25, 0.3) is 15.9 Å². The van der Waals surface area contributed by atoms with Gasteiger partial charge in [0.05, 0.1) is 23.4 Å².